The molecule has 1 aromatic rings. The molecule has 13 heteroatoms. The van der Waals surface area contributed by atoms with Crippen LogP contribution in [0.2, 0.25) is 5.02 Å². The Balaban J connectivity index is 1.96. The molecule has 180 valence electrons. The van der Waals surface area contributed by atoms with Gasteiger partial charge in [0.1, 0.15) is 6.04 Å². The molecule has 1 aliphatic rings. The molecular formula is C19H25ClF3N3O5S. The van der Waals surface area contributed by atoms with Crippen LogP contribution < -0.4 is 5.32 Å². The number of anilines is 1. The predicted molar refractivity (Wildman–Crippen MR) is 113 cm³/mol. The fourth-order valence-electron chi connectivity index (χ4n) is 3.06. The van der Waals surface area contributed by atoms with Gasteiger partial charge >= 0.3 is 12.1 Å². The standard InChI is InChI=1S/C19H25ClF3N3O5S/c1-12(2)17(24-15-5-4-13(10-14(15)20)19(21,22)23)18(28)31-11-16(27)25-6-8-26(9-7-25)32(3,29)30/h4-5,10,12,17,24H,6-9,11H2,1-3H3/t17-/m0/s1. The van der Waals surface area contributed by atoms with Crippen molar-refractivity contribution in [1.29, 1.82) is 0 Å². The lowest BCUT2D eigenvalue weighted by atomic mass is 10.0. The Morgan fingerprint density at radius 2 is 1.78 bits per heavy atom. The average Bonchev–Trinajstić information content (AvgIpc) is 2.69. The van der Waals surface area contributed by atoms with Gasteiger partial charge in [0, 0.05) is 26.2 Å². The molecular weight excluding hydrogens is 475 g/mol. The number of sulfonamides is 1. The van der Waals surface area contributed by atoms with E-state index in [9.17, 15) is 31.2 Å². The highest BCUT2D eigenvalue weighted by Crippen LogP contribution is 2.34. The molecule has 0 aromatic heterocycles. The number of nitrogens with zero attached hydrogens (tertiary/aromatic N) is 2. The van der Waals surface area contributed by atoms with E-state index in [0.717, 1.165) is 24.5 Å². The zero-order valence-electron chi connectivity index (χ0n) is 17.8. The highest BCUT2D eigenvalue weighted by atomic mass is 35.5. The molecule has 1 aromatic carbocycles. The highest BCUT2D eigenvalue weighted by molar-refractivity contribution is 7.88. The number of carbonyl (C=O) groups excluding carboxylic acids is 2. The number of piperazine rings is 1. The summed E-state index contributed by atoms with van der Waals surface area (Å²) < 4.78 is 67.9. The third-order valence-corrected chi connectivity index (χ3v) is 6.54. The van der Waals surface area contributed by atoms with Crippen molar-refractivity contribution >= 4 is 39.2 Å². The van der Waals surface area contributed by atoms with Crippen LogP contribution in [-0.2, 0) is 30.5 Å². The van der Waals surface area contributed by atoms with Crippen molar-refractivity contribution < 1.29 is 35.9 Å². The summed E-state index contributed by atoms with van der Waals surface area (Å²) in [4.78, 5) is 26.3. The Bertz CT molecular complexity index is 948. The van der Waals surface area contributed by atoms with Gasteiger partial charge in [0.2, 0.25) is 10.0 Å². The van der Waals surface area contributed by atoms with Crippen molar-refractivity contribution in [1.82, 2.24) is 9.21 Å². The van der Waals surface area contributed by atoms with Crippen LogP contribution in [0.1, 0.15) is 19.4 Å². The number of benzene rings is 1. The maximum Gasteiger partial charge on any atom is 0.416 e. The van der Waals surface area contributed by atoms with Crippen LogP contribution in [0.25, 0.3) is 0 Å². The molecule has 1 N–H and O–H groups in total. The molecule has 8 nitrogen and oxygen atoms in total. The van der Waals surface area contributed by atoms with Crippen molar-refractivity contribution in [2.45, 2.75) is 26.1 Å². The Morgan fingerprint density at radius 1 is 1.19 bits per heavy atom. The van der Waals surface area contributed by atoms with Gasteiger partial charge in [-0.25, -0.2) is 13.2 Å². The average molecular weight is 500 g/mol. The predicted octanol–water partition coefficient (Wildman–Crippen LogP) is 2.44. The molecule has 1 heterocycles. The Morgan fingerprint density at radius 3 is 2.25 bits per heavy atom. The van der Waals surface area contributed by atoms with E-state index in [2.05, 4.69) is 5.32 Å². The van der Waals surface area contributed by atoms with Gasteiger partial charge < -0.3 is 15.0 Å². The van der Waals surface area contributed by atoms with Crippen molar-refractivity contribution in [3.8, 4) is 0 Å². The third kappa shape index (κ3) is 6.97. The number of amides is 1. The Hall–Kier alpha value is -2.05. The van der Waals surface area contributed by atoms with Crippen molar-refractivity contribution in [3.05, 3.63) is 28.8 Å². The molecule has 0 saturated carbocycles. The molecule has 1 amide bonds. The van der Waals surface area contributed by atoms with Crippen LogP contribution in [0.15, 0.2) is 18.2 Å². The van der Waals surface area contributed by atoms with E-state index < -0.39 is 46.3 Å². The molecule has 0 radical (unpaired) electrons. The molecule has 2 rings (SSSR count). The number of hydrogen-bond donors (Lipinski definition) is 1. The lowest BCUT2D eigenvalue weighted by Crippen LogP contribution is -2.51. The lowest BCUT2D eigenvalue weighted by molar-refractivity contribution is -0.153. The van der Waals surface area contributed by atoms with Gasteiger partial charge in [-0.1, -0.05) is 25.4 Å². The number of alkyl halides is 3. The topological polar surface area (TPSA) is 96.0 Å². The minimum Gasteiger partial charge on any atom is -0.454 e. The van der Waals surface area contributed by atoms with Gasteiger partial charge in [0.15, 0.2) is 6.61 Å². The molecule has 1 saturated heterocycles. The number of ether oxygens (including phenoxy) is 1. The molecule has 0 unspecified atom stereocenters. The monoisotopic (exact) mass is 499 g/mol. The first-order chi connectivity index (χ1) is 14.7. The summed E-state index contributed by atoms with van der Waals surface area (Å²) in [5.74, 6) is -1.56. The summed E-state index contributed by atoms with van der Waals surface area (Å²) in [5, 5.41) is 2.57. The fourth-order valence-corrected chi connectivity index (χ4v) is 4.12. The van der Waals surface area contributed by atoms with Gasteiger partial charge in [0.25, 0.3) is 5.91 Å². The third-order valence-electron chi connectivity index (χ3n) is 4.93. The molecule has 32 heavy (non-hydrogen) atoms. The second kappa shape index (κ2) is 10.3. The summed E-state index contributed by atoms with van der Waals surface area (Å²) in [7, 11) is -3.34. The van der Waals surface area contributed by atoms with E-state index in [4.69, 9.17) is 16.3 Å². The fraction of sp³-hybridized carbons (Fsp3) is 0.579. The first kappa shape index (κ1) is 26.2. The number of halogens is 4. The van der Waals surface area contributed by atoms with Gasteiger partial charge in [-0.05, 0) is 24.1 Å². The normalized spacial score (nSPS) is 16.7. The number of hydrogen-bond acceptors (Lipinski definition) is 6. The van der Waals surface area contributed by atoms with Crippen LogP contribution in [-0.4, -0.2) is 74.6 Å². The molecule has 1 aliphatic heterocycles. The molecule has 1 atom stereocenters. The number of rotatable bonds is 7. The summed E-state index contributed by atoms with van der Waals surface area (Å²) in [6, 6.07) is 1.77. The molecule has 0 spiro atoms. The number of carbonyl (C=O) groups is 2. The highest BCUT2D eigenvalue weighted by Gasteiger charge is 2.32. The van der Waals surface area contributed by atoms with Crippen LogP contribution in [0.4, 0.5) is 18.9 Å². The summed E-state index contributed by atoms with van der Waals surface area (Å²) in [6.07, 6.45) is -3.46. The van der Waals surface area contributed by atoms with Crippen LogP contribution in [0.3, 0.4) is 0 Å². The number of esters is 1. The maximum absolute atomic E-state index is 12.8. The SMILES string of the molecule is CC(C)[C@H](Nc1ccc(C(F)(F)F)cc1Cl)C(=O)OCC(=O)N1CCN(S(C)(=O)=O)CC1. The largest absolute Gasteiger partial charge is 0.454 e. The van der Waals surface area contributed by atoms with Gasteiger partial charge in [-0.3, -0.25) is 4.79 Å². The second-order valence-electron chi connectivity index (χ2n) is 7.71. The van der Waals surface area contributed by atoms with E-state index in [1.165, 1.54) is 9.21 Å². The maximum atomic E-state index is 12.8. The molecule has 0 aliphatic carbocycles. The van der Waals surface area contributed by atoms with Gasteiger partial charge in [-0.2, -0.15) is 17.5 Å². The smallest absolute Gasteiger partial charge is 0.416 e. The molecule has 1 fully saturated rings. The second-order valence-corrected chi connectivity index (χ2v) is 10.1. The molecule has 0 bridgehead atoms. The minimum atomic E-state index is -4.55. The van der Waals surface area contributed by atoms with Crippen LogP contribution in [0, 0.1) is 5.92 Å². The van der Waals surface area contributed by atoms with E-state index in [-0.39, 0.29) is 42.8 Å². The quantitative estimate of drug-likeness (QED) is 0.579. The lowest BCUT2D eigenvalue weighted by Gasteiger charge is -2.33. The Kier molecular flexibility index (Phi) is 8.40. The first-order valence-corrected chi connectivity index (χ1v) is 12.0. The zero-order chi connectivity index (χ0) is 24.3. The van der Waals surface area contributed by atoms with Crippen molar-refractivity contribution in [3.63, 3.8) is 0 Å². The van der Waals surface area contributed by atoms with E-state index in [1.807, 2.05) is 0 Å². The summed E-state index contributed by atoms with van der Waals surface area (Å²) >= 11 is 5.94. The van der Waals surface area contributed by atoms with Crippen molar-refractivity contribution in [2.24, 2.45) is 5.92 Å². The zero-order valence-corrected chi connectivity index (χ0v) is 19.4. The van der Waals surface area contributed by atoms with Gasteiger partial charge in [0.05, 0.1) is 22.5 Å². The van der Waals surface area contributed by atoms with E-state index in [1.54, 1.807) is 13.8 Å². The van der Waals surface area contributed by atoms with Crippen LogP contribution >= 0.6 is 11.6 Å². The van der Waals surface area contributed by atoms with E-state index in [0.29, 0.717) is 0 Å². The summed E-state index contributed by atoms with van der Waals surface area (Å²) in [6.45, 7) is 3.52. The Labute approximate surface area is 189 Å². The number of nitrogens with one attached hydrogen (secondary N) is 1. The van der Waals surface area contributed by atoms with Crippen molar-refractivity contribution in [2.75, 3.05) is 44.4 Å². The summed E-state index contributed by atoms with van der Waals surface area (Å²) in [5.41, 5.74) is -0.795. The minimum absolute atomic E-state index is 0.124. The van der Waals surface area contributed by atoms with E-state index >= 15 is 0 Å². The van der Waals surface area contributed by atoms with Crippen LogP contribution in [0.5, 0.6) is 0 Å². The van der Waals surface area contributed by atoms with Gasteiger partial charge in [-0.15, -0.1) is 0 Å². The first-order valence-electron chi connectivity index (χ1n) is 9.73.